The van der Waals surface area contributed by atoms with E-state index in [1.807, 2.05) is 0 Å². The Labute approximate surface area is 189 Å². The molecule has 5 heteroatoms. The molecule has 1 nitrogen and oxygen atoms in total. The normalized spacial score (nSPS) is 10.8. The lowest BCUT2D eigenvalue weighted by Crippen LogP contribution is -2.00. The molecule has 0 amide bonds. The van der Waals surface area contributed by atoms with Crippen molar-refractivity contribution in [3.63, 3.8) is 0 Å². The van der Waals surface area contributed by atoms with E-state index in [1.54, 1.807) is 36.4 Å². The first-order valence-corrected chi connectivity index (χ1v) is 10.4. The number of ether oxygens (including phenoxy) is 1. The van der Waals surface area contributed by atoms with Gasteiger partial charge >= 0.3 is 0 Å². The van der Waals surface area contributed by atoms with Crippen LogP contribution in [0.4, 0.5) is 17.6 Å². The van der Waals surface area contributed by atoms with Crippen molar-refractivity contribution in [2.24, 2.45) is 0 Å². The highest BCUT2D eigenvalue weighted by atomic mass is 19.1. The predicted molar refractivity (Wildman–Crippen MR) is 121 cm³/mol. The van der Waals surface area contributed by atoms with Gasteiger partial charge in [0.25, 0.3) is 0 Å². The summed E-state index contributed by atoms with van der Waals surface area (Å²) in [5, 5.41) is 1.49. The Hall–Kier alpha value is -3.62. The number of halogens is 4. The smallest absolute Gasteiger partial charge is 0.142 e. The number of aryl methyl sites for hydroxylation is 2. The van der Waals surface area contributed by atoms with Crippen LogP contribution >= 0.6 is 0 Å². The van der Waals surface area contributed by atoms with Crippen molar-refractivity contribution >= 4 is 10.8 Å². The number of methoxy groups -OCH3 is 1. The second-order valence-electron chi connectivity index (χ2n) is 7.75. The van der Waals surface area contributed by atoms with Gasteiger partial charge in [-0.3, -0.25) is 0 Å². The summed E-state index contributed by atoms with van der Waals surface area (Å²) < 4.78 is 61.7. The minimum Gasteiger partial charge on any atom is -0.380 e. The van der Waals surface area contributed by atoms with Gasteiger partial charge in [0, 0.05) is 12.7 Å². The molecule has 0 aliphatic rings. The SMILES string of the molecule is COCc1ccc(CCc2cc(F)c(C#Cc3ccc4cc(F)ccc4c3)c(F)c2)c(F)c1. The van der Waals surface area contributed by atoms with E-state index in [4.69, 9.17) is 4.74 Å². The third kappa shape index (κ3) is 5.42. The molecule has 0 unspecified atom stereocenters. The van der Waals surface area contributed by atoms with E-state index in [9.17, 15) is 17.6 Å². The number of hydrogen-bond acceptors (Lipinski definition) is 1. The van der Waals surface area contributed by atoms with Crippen molar-refractivity contribution < 1.29 is 22.3 Å². The van der Waals surface area contributed by atoms with E-state index < -0.39 is 11.6 Å². The van der Waals surface area contributed by atoms with E-state index in [2.05, 4.69) is 11.8 Å². The largest absolute Gasteiger partial charge is 0.380 e. The van der Waals surface area contributed by atoms with Crippen LogP contribution in [0.5, 0.6) is 0 Å². The van der Waals surface area contributed by atoms with Crippen molar-refractivity contribution in [2.45, 2.75) is 19.4 Å². The first-order valence-electron chi connectivity index (χ1n) is 10.4. The lowest BCUT2D eigenvalue weighted by atomic mass is 10.0. The Bertz CT molecular complexity index is 1360. The van der Waals surface area contributed by atoms with Gasteiger partial charge in [-0.25, -0.2) is 17.6 Å². The maximum Gasteiger partial charge on any atom is 0.142 e. The first-order chi connectivity index (χ1) is 15.9. The molecule has 4 aromatic carbocycles. The van der Waals surface area contributed by atoms with Crippen molar-refractivity contribution in [1.29, 1.82) is 0 Å². The topological polar surface area (TPSA) is 9.23 Å². The molecule has 0 aliphatic heterocycles. The Morgan fingerprint density at radius 1 is 0.667 bits per heavy atom. The highest BCUT2D eigenvalue weighted by molar-refractivity contribution is 5.84. The summed E-state index contributed by atoms with van der Waals surface area (Å²) in [6.45, 7) is 0.313. The van der Waals surface area contributed by atoms with Crippen LogP contribution in [0.15, 0.2) is 66.7 Å². The molecular formula is C28H20F4O. The zero-order valence-corrected chi connectivity index (χ0v) is 17.9. The Morgan fingerprint density at radius 2 is 1.36 bits per heavy atom. The van der Waals surface area contributed by atoms with Crippen LogP contribution in [-0.2, 0) is 24.2 Å². The highest BCUT2D eigenvalue weighted by Crippen LogP contribution is 2.20. The fraction of sp³-hybridized carbons (Fsp3) is 0.143. The van der Waals surface area contributed by atoms with Gasteiger partial charge in [-0.1, -0.05) is 36.1 Å². The third-order valence-corrected chi connectivity index (χ3v) is 5.35. The fourth-order valence-electron chi connectivity index (χ4n) is 3.65. The van der Waals surface area contributed by atoms with Crippen LogP contribution in [0.2, 0.25) is 0 Å². The molecule has 0 radical (unpaired) electrons. The van der Waals surface area contributed by atoms with Crippen LogP contribution in [0, 0.1) is 35.1 Å². The van der Waals surface area contributed by atoms with E-state index in [-0.39, 0.29) is 23.6 Å². The average Bonchev–Trinajstić information content (AvgIpc) is 2.78. The summed E-state index contributed by atoms with van der Waals surface area (Å²) in [5.41, 5.74) is 1.84. The van der Waals surface area contributed by atoms with Crippen molar-refractivity contribution in [2.75, 3.05) is 7.11 Å². The molecule has 166 valence electrons. The number of benzene rings is 4. The molecule has 0 aliphatic carbocycles. The molecule has 4 rings (SSSR count). The molecule has 0 saturated carbocycles. The van der Waals surface area contributed by atoms with Crippen LogP contribution in [0.3, 0.4) is 0 Å². The lowest BCUT2D eigenvalue weighted by molar-refractivity contribution is 0.184. The number of fused-ring (bicyclic) bond motifs is 1. The number of hydrogen-bond donors (Lipinski definition) is 0. The summed E-state index contributed by atoms with van der Waals surface area (Å²) in [6, 6.07) is 16.8. The van der Waals surface area contributed by atoms with Crippen molar-refractivity contribution in [3.8, 4) is 11.8 Å². The van der Waals surface area contributed by atoms with E-state index >= 15 is 0 Å². The van der Waals surface area contributed by atoms with Gasteiger partial charge in [-0.05, 0) is 82.8 Å². The summed E-state index contributed by atoms with van der Waals surface area (Å²) in [5.74, 6) is 3.08. The lowest BCUT2D eigenvalue weighted by Gasteiger charge is -2.07. The molecule has 0 aromatic heterocycles. The van der Waals surface area contributed by atoms with Gasteiger partial charge < -0.3 is 4.74 Å². The summed E-state index contributed by atoms with van der Waals surface area (Å²) in [4.78, 5) is 0. The summed E-state index contributed by atoms with van der Waals surface area (Å²) in [7, 11) is 1.53. The van der Waals surface area contributed by atoms with E-state index in [1.165, 1.54) is 37.4 Å². The Kier molecular flexibility index (Phi) is 6.76. The number of rotatable bonds is 5. The molecule has 0 heterocycles. The predicted octanol–water partition coefficient (Wildman–Crippen LogP) is 6.73. The maximum atomic E-state index is 14.6. The zero-order valence-electron chi connectivity index (χ0n) is 17.9. The molecule has 4 aromatic rings. The molecular weight excluding hydrogens is 428 g/mol. The van der Waals surface area contributed by atoms with Gasteiger partial charge in [0.05, 0.1) is 12.2 Å². The Morgan fingerprint density at radius 3 is 2.09 bits per heavy atom. The standard InChI is InChI=1S/C28H20F4O/c1-33-17-20-4-7-21(26(30)15-20)6-3-19-13-27(31)25(28(32)14-19)11-5-18-2-8-23-16-24(29)10-9-22(23)12-18/h2,4,7-10,12-16H,3,6,17H2,1H3. The maximum absolute atomic E-state index is 14.6. The molecule has 0 N–H and O–H groups in total. The van der Waals surface area contributed by atoms with Crippen molar-refractivity contribution in [3.05, 3.63) is 118 Å². The zero-order chi connectivity index (χ0) is 23.4. The van der Waals surface area contributed by atoms with Gasteiger partial charge in [-0.15, -0.1) is 0 Å². The Balaban J connectivity index is 1.51. The monoisotopic (exact) mass is 448 g/mol. The van der Waals surface area contributed by atoms with E-state index in [0.29, 0.717) is 35.1 Å². The first kappa shape index (κ1) is 22.6. The second-order valence-corrected chi connectivity index (χ2v) is 7.75. The second kappa shape index (κ2) is 9.89. The minimum atomic E-state index is -0.767. The quantitative estimate of drug-likeness (QED) is 0.243. The fourth-order valence-corrected chi connectivity index (χ4v) is 3.65. The summed E-state index contributed by atoms with van der Waals surface area (Å²) >= 11 is 0. The van der Waals surface area contributed by atoms with E-state index in [0.717, 1.165) is 10.9 Å². The van der Waals surface area contributed by atoms with Crippen LogP contribution in [0.25, 0.3) is 10.8 Å². The molecule has 0 saturated heterocycles. The summed E-state index contributed by atoms with van der Waals surface area (Å²) in [6.07, 6.45) is 0.587. The van der Waals surface area contributed by atoms with Gasteiger partial charge in [0.2, 0.25) is 0 Å². The van der Waals surface area contributed by atoms with Crippen molar-refractivity contribution in [1.82, 2.24) is 0 Å². The molecule has 0 fully saturated rings. The van der Waals surface area contributed by atoms with Crippen LogP contribution < -0.4 is 0 Å². The molecule has 33 heavy (non-hydrogen) atoms. The van der Waals surface area contributed by atoms with Gasteiger partial charge in [-0.2, -0.15) is 0 Å². The minimum absolute atomic E-state index is 0.281. The van der Waals surface area contributed by atoms with Crippen LogP contribution in [-0.4, -0.2) is 7.11 Å². The molecule has 0 atom stereocenters. The molecule has 0 bridgehead atoms. The average molecular weight is 448 g/mol. The molecule has 0 spiro atoms. The van der Waals surface area contributed by atoms with Gasteiger partial charge in [0.15, 0.2) is 0 Å². The van der Waals surface area contributed by atoms with Gasteiger partial charge in [0.1, 0.15) is 23.3 Å². The van der Waals surface area contributed by atoms with Crippen LogP contribution in [0.1, 0.15) is 27.8 Å². The third-order valence-electron chi connectivity index (χ3n) is 5.35. The highest BCUT2D eigenvalue weighted by Gasteiger charge is 2.11.